The molecule has 4 rings (SSSR count). The second-order valence-electron chi connectivity index (χ2n) is 7.77. The predicted molar refractivity (Wildman–Crippen MR) is 128 cm³/mol. The molecule has 164 valence electrons. The Bertz CT molecular complexity index is 863. The molecule has 1 N–H and O–H groups in total. The van der Waals surface area contributed by atoms with E-state index in [-0.39, 0.29) is 36.8 Å². The van der Waals surface area contributed by atoms with Gasteiger partial charge in [-0.1, -0.05) is 30.3 Å². The van der Waals surface area contributed by atoms with Crippen molar-refractivity contribution in [1.82, 2.24) is 5.32 Å². The third-order valence-electron chi connectivity index (χ3n) is 6.19. The summed E-state index contributed by atoms with van der Waals surface area (Å²) in [5.74, 6) is 1.05. The number of anilines is 2. The van der Waals surface area contributed by atoms with Gasteiger partial charge in [0.25, 0.3) is 0 Å². The van der Waals surface area contributed by atoms with E-state index in [0.717, 1.165) is 42.9 Å². The summed E-state index contributed by atoms with van der Waals surface area (Å²) in [5, 5.41) is 3.70. The maximum atomic E-state index is 12.2. The summed E-state index contributed by atoms with van der Waals surface area (Å²) < 4.78 is 5.76. The van der Waals surface area contributed by atoms with Crippen LogP contribution in [0.2, 0.25) is 0 Å². The standard InChI is InChI=1S/C23H29N3O2.2ClH/c1-25(18-10-7-13-24-23(18)16-8-5-4-6-9-16)20-15-19-17(14-21(20)28-3)11-12-22(27)26(19)2;;/h4-6,8-9,14-15,18,23-24H,7,10-13H2,1-3H3;2*1H/t18-,23-;;/m0../s1. The first-order valence-corrected chi connectivity index (χ1v) is 10.1. The van der Waals surface area contributed by atoms with Crippen molar-refractivity contribution in [2.24, 2.45) is 0 Å². The molecule has 0 aromatic heterocycles. The molecule has 2 atom stereocenters. The molecule has 2 aromatic carbocycles. The topological polar surface area (TPSA) is 44.8 Å². The molecule has 2 aromatic rings. The fourth-order valence-corrected chi connectivity index (χ4v) is 4.56. The second kappa shape index (κ2) is 10.4. The van der Waals surface area contributed by atoms with Gasteiger partial charge in [0, 0.05) is 32.2 Å². The quantitative estimate of drug-likeness (QED) is 0.748. The summed E-state index contributed by atoms with van der Waals surface area (Å²) in [7, 11) is 5.73. The molecule has 0 bridgehead atoms. The molecule has 0 spiro atoms. The molecule has 0 radical (unpaired) electrons. The number of amides is 1. The van der Waals surface area contributed by atoms with E-state index in [1.807, 2.05) is 7.05 Å². The minimum Gasteiger partial charge on any atom is -0.495 e. The number of carbonyl (C=O) groups excluding carboxylic acids is 1. The second-order valence-corrected chi connectivity index (χ2v) is 7.77. The van der Waals surface area contributed by atoms with Crippen LogP contribution in [0.25, 0.3) is 0 Å². The van der Waals surface area contributed by atoms with E-state index < -0.39 is 0 Å². The third kappa shape index (κ3) is 4.53. The highest BCUT2D eigenvalue weighted by atomic mass is 35.5. The van der Waals surface area contributed by atoms with E-state index in [4.69, 9.17) is 4.74 Å². The van der Waals surface area contributed by atoms with Crippen molar-refractivity contribution in [3.05, 3.63) is 53.6 Å². The molecular formula is C23H31Cl2N3O2. The number of hydrogen-bond acceptors (Lipinski definition) is 4. The Hall–Kier alpha value is -1.95. The fraction of sp³-hybridized carbons (Fsp3) is 0.435. The first kappa shape index (κ1) is 24.3. The Kier molecular flexibility index (Phi) is 8.42. The van der Waals surface area contributed by atoms with Crippen molar-refractivity contribution < 1.29 is 9.53 Å². The van der Waals surface area contributed by atoms with Crippen LogP contribution in [0.4, 0.5) is 11.4 Å². The fourth-order valence-electron chi connectivity index (χ4n) is 4.56. The Morgan fingerprint density at radius 2 is 1.87 bits per heavy atom. The first-order valence-electron chi connectivity index (χ1n) is 10.1. The van der Waals surface area contributed by atoms with E-state index >= 15 is 0 Å². The summed E-state index contributed by atoms with van der Waals surface area (Å²) in [5.41, 5.74) is 4.53. The van der Waals surface area contributed by atoms with Crippen molar-refractivity contribution in [3.63, 3.8) is 0 Å². The SMILES string of the molecule is COc1cc2c(cc1N(C)[C@H]1CCCN[C@H]1c1ccccc1)N(C)C(=O)CC2.Cl.Cl. The number of hydrogen-bond donors (Lipinski definition) is 1. The molecular weight excluding hydrogens is 421 g/mol. The molecule has 1 saturated heterocycles. The van der Waals surface area contributed by atoms with E-state index in [0.29, 0.717) is 12.5 Å². The van der Waals surface area contributed by atoms with Crippen molar-refractivity contribution in [2.75, 3.05) is 37.5 Å². The number of piperidine rings is 1. The van der Waals surface area contributed by atoms with Crippen molar-refractivity contribution >= 4 is 42.1 Å². The first-order chi connectivity index (χ1) is 13.6. The number of ether oxygens (including phenoxy) is 1. The van der Waals surface area contributed by atoms with Gasteiger partial charge in [-0.15, -0.1) is 24.8 Å². The van der Waals surface area contributed by atoms with Crippen molar-refractivity contribution in [3.8, 4) is 5.75 Å². The van der Waals surface area contributed by atoms with Gasteiger partial charge in [-0.2, -0.15) is 0 Å². The molecule has 2 heterocycles. The van der Waals surface area contributed by atoms with Gasteiger partial charge in [0.2, 0.25) is 5.91 Å². The average Bonchev–Trinajstić information content (AvgIpc) is 2.75. The van der Waals surface area contributed by atoms with Crippen LogP contribution >= 0.6 is 24.8 Å². The van der Waals surface area contributed by atoms with Crippen LogP contribution < -0.4 is 19.9 Å². The van der Waals surface area contributed by atoms with Crippen molar-refractivity contribution in [1.29, 1.82) is 0 Å². The number of halogens is 2. The van der Waals surface area contributed by atoms with E-state index in [1.165, 1.54) is 11.1 Å². The van der Waals surface area contributed by atoms with Crippen LogP contribution in [0.3, 0.4) is 0 Å². The van der Waals surface area contributed by atoms with Crippen LogP contribution in [-0.2, 0) is 11.2 Å². The zero-order valence-electron chi connectivity index (χ0n) is 17.8. The van der Waals surface area contributed by atoms with Gasteiger partial charge in [0.1, 0.15) is 5.75 Å². The maximum absolute atomic E-state index is 12.2. The van der Waals surface area contributed by atoms with E-state index in [9.17, 15) is 4.79 Å². The van der Waals surface area contributed by atoms with Gasteiger partial charge < -0.3 is 19.9 Å². The smallest absolute Gasteiger partial charge is 0.227 e. The lowest BCUT2D eigenvalue weighted by atomic mass is 9.90. The predicted octanol–water partition coefficient (Wildman–Crippen LogP) is 4.38. The monoisotopic (exact) mass is 451 g/mol. The Morgan fingerprint density at radius 1 is 1.13 bits per heavy atom. The van der Waals surface area contributed by atoms with Crippen LogP contribution in [0.15, 0.2) is 42.5 Å². The minimum atomic E-state index is 0. The van der Waals surface area contributed by atoms with Gasteiger partial charge in [-0.3, -0.25) is 4.79 Å². The molecule has 1 amide bonds. The molecule has 2 aliphatic heterocycles. The summed E-state index contributed by atoms with van der Waals surface area (Å²) in [4.78, 5) is 16.3. The van der Waals surface area contributed by atoms with E-state index in [2.05, 4.69) is 59.7 Å². The van der Waals surface area contributed by atoms with Gasteiger partial charge >= 0.3 is 0 Å². The Morgan fingerprint density at radius 3 is 2.57 bits per heavy atom. The summed E-state index contributed by atoms with van der Waals surface area (Å²) in [6.07, 6.45) is 3.59. The zero-order chi connectivity index (χ0) is 19.7. The van der Waals surface area contributed by atoms with Crippen LogP contribution in [0.5, 0.6) is 5.75 Å². The molecule has 30 heavy (non-hydrogen) atoms. The molecule has 5 nitrogen and oxygen atoms in total. The molecule has 0 unspecified atom stereocenters. The lowest BCUT2D eigenvalue weighted by Gasteiger charge is -2.41. The number of benzene rings is 2. The highest BCUT2D eigenvalue weighted by Gasteiger charge is 2.32. The van der Waals surface area contributed by atoms with Gasteiger partial charge in [0.15, 0.2) is 0 Å². The largest absolute Gasteiger partial charge is 0.495 e. The molecule has 7 heteroatoms. The summed E-state index contributed by atoms with van der Waals surface area (Å²) in [6.45, 7) is 1.03. The van der Waals surface area contributed by atoms with Gasteiger partial charge in [-0.25, -0.2) is 0 Å². The highest BCUT2D eigenvalue weighted by molar-refractivity contribution is 5.97. The Balaban J connectivity index is 0.00000160. The number of methoxy groups -OCH3 is 1. The lowest BCUT2D eigenvalue weighted by molar-refractivity contribution is -0.118. The molecule has 0 saturated carbocycles. The number of rotatable bonds is 4. The minimum absolute atomic E-state index is 0. The normalized spacial score (nSPS) is 20.5. The van der Waals surface area contributed by atoms with E-state index in [1.54, 1.807) is 12.0 Å². The highest BCUT2D eigenvalue weighted by Crippen LogP contribution is 2.40. The summed E-state index contributed by atoms with van der Waals surface area (Å²) >= 11 is 0. The molecule has 1 fully saturated rings. The number of nitrogens with one attached hydrogen (secondary N) is 1. The lowest BCUT2D eigenvalue weighted by Crippen LogP contribution is -2.47. The van der Waals surface area contributed by atoms with Crippen LogP contribution in [0, 0.1) is 0 Å². The maximum Gasteiger partial charge on any atom is 0.227 e. The molecule has 0 aliphatic carbocycles. The number of aryl methyl sites for hydroxylation is 1. The van der Waals surface area contributed by atoms with Gasteiger partial charge in [0.05, 0.1) is 18.8 Å². The van der Waals surface area contributed by atoms with Crippen molar-refractivity contribution in [2.45, 2.75) is 37.8 Å². The number of carbonyl (C=O) groups is 1. The van der Waals surface area contributed by atoms with Crippen LogP contribution in [0.1, 0.15) is 36.4 Å². The van der Waals surface area contributed by atoms with Crippen LogP contribution in [-0.4, -0.2) is 39.7 Å². The number of nitrogens with zero attached hydrogens (tertiary/aromatic N) is 2. The van der Waals surface area contributed by atoms with Gasteiger partial charge in [-0.05, 0) is 49.1 Å². The third-order valence-corrected chi connectivity index (χ3v) is 6.19. The molecule has 2 aliphatic rings. The Labute approximate surface area is 191 Å². The number of likely N-dealkylation sites (N-methyl/N-ethyl adjacent to an activating group) is 1. The average molecular weight is 452 g/mol. The summed E-state index contributed by atoms with van der Waals surface area (Å²) in [6, 6.07) is 15.5. The number of fused-ring (bicyclic) bond motifs is 1. The zero-order valence-corrected chi connectivity index (χ0v) is 19.4.